The van der Waals surface area contributed by atoms with Gasteiger partial charge in [0.2, 0.25) is 0 Å². The van der Waals surface area contributed by atoms with E-state index in [-0.39, 0.29) is 6.61 Å². The number of carbonyl (C=O) groups excluding carboxylic acids is 1. The van der Waals surface area contributed by atoms with Gasteiger partial charge in [-0.25, -0.2) is 4.79 Å². The predicted octanol–water partition coefficient (Wildman–Crippen LogP) is 5.26. The second-order valence-corrected chi connectivity index (χ2v) is 6.13. The van der Waals surface area contributed by atoms with Gasteiger partial charge < -0.3 is 4.74 Å². The van der Waals surface area contributed by atoms with Gasteiger partial charge in [0.25, 0.3) is 0 Å². The highest BCUT2D eigenvalue weighted by Gasteiger charge is 2.23. The fourth-order valence-corrected chi connectivity index (χ4v) is 2.45. The normalized spacial score (nSPS) is 11.2. The molecule has 1 unspecified atom stereocenters. The first-order chi connectivity index (χ1) is 12.6. The smallest absolute Gasteiger partial charge is 0.435 e. The maximum atomic E-state index is 12.3. The molecular formula is C22H25NO3. The molecular weight excluding hydrogens is 326 g/mol. The zero-order chi connectivity index (χ0) is 18.8. The van der Waals surface area contributed by atoms with Gasteiger partial charge in [0, 0.05) is 6.42 Å². The van der Waals surface area contributed by atoms with Gasteiger partial charge in [-0.15, -0.1) is 5.92 Å². The molecule has 4 heteroatoms. The first-order valence-electron chi connectivity index (χ1n) is 8.85. The Kier molecular flexibility index (Phi) is 7.73. The van der Waals surface area contributed by atoms with Crippen LogP contribution in [0.25, 0.3) is 0 Å². The number of nitrogens with zero attached hydrogens (tertiary/aromatic N) is 1. The zero-order valence-electron chi connectivity index (χ0n) is 15.3. The molecule has 26 heavy (non-hydrogen) atoms. The number of hydrogen-bond acceptors (Lipinski definition) is 3. The van der Waals surface area contributed by atoms with Crippen molar-refractivity contribution in [2.75, 3.05) is 0 Å². The van der Waals surface area contributed by atoms with Crippen molar-refractivity contribution in [1.82, 2.24) is 5.06 Å². The van der Waals surface area contributed by atoms with Gasteiger partial charge in [0.1, 0.15) is 12.6 Å². The third-order valence-electron chi connectivity index (χ3n) is 3.89. The lowest BCUT2D eigenvalue weighted by molar-refractivity contribution is -0.0935. The van der Waals surface area contributed by atoms with E-state index in [1.165, 1.54) is 0 Å². The highest BCUT2D eigenvalue weighted by molar-refractivity contribution is 5.67. The largest absolute Gasteiger partial charge is 0.443 e. The molecule has 136 valence electrons. The SMILES string of the molecule is CCCCC#CC(c1cccc(C)c1)N(O)C(=O)OCc1ccccc1. The molecule has 0 aliphatic rings. The topological polar surface area (TPSA) is 49.8 Å². The van der Waals surface area contributed by atoms with Crippen LogP contribution in [0.3, 0.4) is 0 Å². The van der Waals surface area contributed by atoms with E-state index in [0.717, 1.165) is 36.0 Å². The molecule has 0 aliphatic heterocycles. The Balaban J connectivity index is 2.11. The molecule has 4 nitrogen and oxygen atoms in total. The maximum Gasteiger partial charge on any atom is 0.435 e. The van der Waals surface area contributed by atoms with Crippen LogP contribution in [-0.4, -0.2) is 16.4 Å². The highest BCUT2D eigenvalue weighted by atomic mass is 16.6. The number of ether oxygens (including phenoxy) is 1. The van der Waals surface area contributed by atoms with E-state index >= 15 is 0 Å². The summed E-state index contributed by atoms with van der Waals surface area (Å²) in [5.41, 5.74) is 2.65. The Hall–Kier alpha value is -2.77. The number of hydroxylamine groups is 2. The Labute approximate surface area is 155 Å². The van der Waals surface area contributed by atoms with Crippen LogP contribution in [0.15, 0.2) is 54.6 Å². The van der Waals surface area contributed by atoms with Gasteiger partial charge in [-0.2, -0.15) is 5.06 Å². The Morgan fingerprint density at radius 3 is 2.65 bits per heavy atom. The molecule has 0 heterocycles. The minimum absolute atomic E-state index is 0.0978. The summed E-state index contributed by atoms with van der Waals surface area (Å²) in [4.78, 5) is 12.3. The quantitative estimate of drug-likeness (QED) is 0.334. The molecule has 0 fully saturated rings. The number of benzene rings is 2. The molecule has 2 rings (SSSR count). The summed E-state index contributed by atoms with van der Waals surface area (Å²) in [7, 11) is 0. The molecule has 0 aliphatic carbocycles. The minimum Gasteiger partial charge on any atom is -0.443 e. The molecule has 0 saturated carbocycles. The molecule has 1 amide bonds. The van der Waals surface area contributed by atoms with E-state index in [4.69, 9.17) is 4.74 Å². The number of rotatable bonds is 6. The number of amides is 1. The molecule has 1 N–H and O–H groups in total. The van der Waals surface area contributed by atoms with Crippen molar-refractivity contribution in [3.8, 4) is 11.8 Å². The lowest BCUT2D eigenvalue weighted by atomic mass is 10.0. The van der Waals surface area contributed by atoms with Crippen molar-refractivity contribution in [3.05, 3.63) is 71.3 Å². The van der Waals surface area contributed by atoms with Crippen LogP contribution in [0.4, 0.5) is 4.79 Å². The standard InChI is InChI=1S/C22H25NO3/c1-3-4-5-9-15-21(20-14-10-11-18(2)16-20)23(25)22(24)26-17-19-12-7-6-8-13-19/h6-8,10-14,16,21,25H,3-5,17H2,1-2H3. The minimum atomic E-state index is -0.815. The predicted molar refractivity (Wildman–Crippen MR) is 101 cm³/mol. The van der Waals surface area contributed by atoms with Gasteiger partial charge in [0.05, 0.1) is 0 Å². The summed E-state index contributed by atoms with van der Waals surface area (Å²) < 4.78 is 5.22. The van der Waals surface area contributed by atoms with E-state index in [1.807, 2.05) is 61.5 Å². The van der Waals surface area contributed by atoms with Crippen LogP contribution in [0.1, 0.15) is 48.9 Å². The highest BCUT2D eigenvalue weighted by Crippen LogP contribution is 2.21. The second-order valence-electron chi connectivity index (χ2n) is 6.13. The third kappa shape index (κ3) is 5.94. The molecule has 2 aromatic carbocycles. The van der Waals surface area contributed by atoms with Gasteiger partial charge in [-0.3, -0.25) is 5.21 Å². The summed E-state index contributed by atoms with van der Waals surface area (Å²) in [5, 5.41) is 11.0. The lowest BCUT2D eigenvalue weighted by Gasteiger charge is -2.22. The molecule has 0 radical (unpaired) electrons. The monoisotopic (exact) mass is 351 g/mol. The van der Waals surface area contributed by atoms with Crippen LogP contribution in [-0.2, 0) is 11.3 Å². The van der Waals surface area contributed by atoms with Crippen molar-refractivity contribution in [2.24, 2.45) is 0 Å². The average molecular weight is 351 g/mol. The van der Waals surface area contributed by atoms with Gasteiger partial charge in [-0.05, 0) is 24.5 Å². The summed E-state index contributed by atoms with van der Waals surface area (Å²) in [5.74, 6) is 6.06. The van der Waals surface area contributed by atoms with E-state index in [0.29, 0.717) is 5.06 Å². The first kappa shape index (κ1) is 19.6. The first-order valence-corrected chi connectivity index (χ1v) is 8.85. The Morgan fingerprint density at radius 2 is 1.96 bits per heavy atom. The van der Waals surface area contributed by atoms with Crippen LogP contribution in [0.5, 0.6) is 0 Å². The van der Waals surface area contributed by atoms with Crippen LogP contribution < -0.4 is 0 Å². The summed E-state index contributed by atoms with van der Waals surface area (Å²) in [6, 6.07) is 16.2. The van der Waals surface area contributed by atoms with Gasteiger partial charge in [0.15, 0.2) is 0 Å². The van der Waals surface area contributed by atoms with E-state index < -0.39 is 12.1 Å². The van der Waals surface area contributed by atoms with E-state index in [2.05, 4.69) is 18.8 Å². The van der Waals surface area contributed by atoms with Crippen LogP contribution in [0.2, 0.25) is 0 Å². The molecule has 0 saturated heterocycles. The van der Waals surface area contributed by atoms with Gasteiger partial charge in [-0.1, -0.05) is 79.4 Å². The molecule has 0 spiro atoms. The number of carbonyl (C=O) groups is 1. The number of hydrogen-bond donors (Lipinski definition) is 1. The Morgan fingerprint density at radius 1 is 1.19 bits per heavy atom. The maximum absolute atomic E-state index is 12.3. The van der Waals surface area contributed by atoms with Crippen molar-refractivity contribution in [3.63, 3.8) is 0 Å². The molecule has 2 aromatic rings. The van der Waals surface area contributed by atoms with Crippen molar-refractivity contribution >= 4 is 6.09 Å². The van der Waals surface area contributed by atoms with Gasteiger partial charge >= 0.3 is 6.09 Å². The molecule has 1 atom stereocenters. The summed E-state index contributed by atoms with van der Waals surface area (Å²) in [6.45, 7) is 4.15. The van der Waals surface area contributed by atoms with E-state index in [1.54, 1.807) is 0 Å². The number of aryl methyl sites for hydroxylation is 1. The molecule has 0 bridgehead atoms. The Bertz CT molecular complexity index is 762. The third-order valence-corrected chi connectivity index (χ3v) is 3.89. The molecule has 0 aromatic heterocycles. The fraction of sp³-hybridized carbons (Fsp3) is 0.318. The van der Waals surface area contributed by atoms with Crippen molar-refractivity contribution in [2.45, 2.75) is 45.8 Å². The van der Waals surface area contributed by atoms with Crippen molar-refractivity contribution in [1.29, 1.82) is 0 Å². The average Bonchev–Trinajstić information content (AvgIpc) is 2.66. The lowest BCUT2D eigenvalue weighted by Crippen LogP contribution is -2.31. The summed E-state index contributed by atoms with van der Waals surface area (Å²) in [6.07, 6.45) is 1.94. The van der Waals surface area contributed by atoms with Crippen LogP contribution in [0, 0.1) is 18.8 Å². The van der Waals surface area contributed by atoms with Crippen molar-refractivity contribution < 1.29 is 14.7 Å². The van der Waals surface area contributed by atoms with Crippen LogP contribution >= 0.6 is 0 Å². The zero-order valence-corrected chi connectivity index (χ0v) is 15.3. The summed E-state index contributed by atoms with van der Waals surface area (Å²) >= 11 is 0. The number of unbranched alkanes of at least 4 members (excludes halogenated alkanes) is 2. The second kappa shape index (κ2) is 10.3. The fourth-order valence-electron chi connectivity index (χ4n) is 2.45. The van der Waals surface area contributed by atoms with E-state index in [9.17, 15) is 10.0 Å².